The molecule has 9 heteroatoms. The van der Waals surface area contributed by atoms with E-state index in [-0.39, 0.29) is 32.2 Å². The molecule has 0 heterocycles. The molecule has 9 nitrogen and oxygen atoms in total. The second-order valence-electron chi connectivity index (χ2n) is 18.8. The molecule has 0 saturated carbocycles. The molecule has 2 atom stereocenters. The first-order valence-electron chi connectivity index (χ1n) is 26.1. The first-order valence-corrected chi connectivity index (χ1v) is 26.1. The van der Waals surface area contributed by atoms with E-state index in [1.165, 1.54) is 128 Å². The van der Waals surface area contributed by atoms with Gasteiger partial charge >= 0.3 is 11.9 Å². The van der Waals surface area contributed by atoms with Crippen molar-refractivity contribution in [2.24, 2.45) is 0 Å². The summed E-state index contributed by atoms with van der Waals surface area (Å²) in [7, 11) is 5.91. The maximum atomic E-state index is 12.8. The van der Waals surface area contributed by atoms with Crippen LogP contribution in [-0.4, -0.2) is 82.3 Å². The van der Waals surface area contributed by atoms with E-state index < -0.39 is 24.3 Å². The molecule has 0 aromatic rings. The van der Waals surface area contributed by atoms with Crippen LogP contribution in [0.2, 0.25) is 0 Å². The third-order valence-corrected chi connectivity index (χ3v) is 11.4. The van der Waals surface area contributed by atoms with Gasteiger partial charge < -0.3 is 33.3 Å². The highest BCUT2D eigenvalue weighted by Crippen LogP contribution is 2.16. The molecular weight excluding hydrogens is 791 g/mol. The first-order chi connectivity index (χ1) is 30.6. The van der Waals surface area contributed by atoms with E-state index in [0.29, 0.717) is 23.9 Å². The van der Waals surface area contributed by atoms with E-state index in [4.69, 9.17) is 18.9 Å². The number of carbonyl (C=O) groups excluding carboxylic acids is 3. The lowest BCUT2D eigenvalue weighted by Gasteiger charge is -2.26. The zero-order valence-corrected chi connectivity index (χ0v) is 41.7. The van der Waals surface area contributed by atoms with Crippen LogP contribution in [0.4, 0.5) is 0 Å². The van der Waals surface area contributed by atoms with Crippen molar-refractivity contribution >= 4 is 17.9 Å². The van der Waals surface area contributed by atoms with Gasteiger partial charge in [0.25, 0.3) is 0 Å². The molecule has 0 aliphatic heterocycles. The number of allylic oxidation sites excluding steroid dienone is 6. The van der Waals surface area contributed by atoms with E-state index in [2.05, 4.69) is 50.3 Å². The van der Waals surface area contributed by atoms with Gasteiger partial charge in [-0.1, -0.05) is 204 Å². The lowest BCUT2D eigenvalue weighted by molar-refractivity contribution is -0.870. The van der Waals surface area contributed by atoms with Gasteiger partial charge in [0.1, 0.15) is 13.2 Å². The number of aliphatic carboxylic acids is 1. The largest absolute Gasteiger partial charge is 0.545 e. The summed E-state index contributed by atoms with van der Waals surface area (Å²) in [4.78, 5) is 37.2. The Morgan fingerprint density at radius 2 is 0.857 bits per heavy atom. The third-order valence-electron chi connectivity index (χ3n) is 11.4. The zero-order valence-electron chi connectivity index (χ0n) is 41.7. The summed E-state index contributed by atoms with van der Waals surface area (Å²) in [6, 6.07) is 0. The Balaban J connectivity index is 4.34. The number of hydrogen-bond donors (Lipinski definition) is 0. The van der Waals surface area contributed by atoms with Crippen molar-refractivity contribution in [3.05, 3.63) is 36.5 Å². The summed E-state index contributed by atoms with van der Waals surface area (Å²) < 4.78 is 22.6. The van der Waals surface area contributed by atoms with Crippen LogP contribution in [0.1, 0.15) is 232 Å². The number of carboxylic acid groups (broad SMARTS) is 1. The molecule has 63 heavy (non-hydrogen) atoms. The van der Waals surface area contributed by atoms with Crippen molar-refractivity contribution in [2.45, 2.75) is 245 Å². The Morgan fingerprint density at radius 3 is 1.30 bits per heavy atom. The van der Waals surface area contributed by atoms with Gasteiger partial charge in [-0.15, -0.1) is 0 Å². The maximum Gasteiger partial charge on any atom is 0.306 e. The highest BCUT2D eigenvalue weighted by molar-refractivity contribution is 5.70. The standard InChI is InChI=1S/C54H99NO8/c1-6-8-10-12-14-16-18-20-22-24-26-28-30-32-34-36-38-40-42-44-51(56)61-48-50(49-62-54(53(58)59)60-47-46-55(3,4)5)63-52(57)45-43-41-39-37-35-33-31-29-27-25-23-21-19-17-15-13-11-9-7-2/h15,17,21,23,27,29,50,54H,6-14,16,18-20,22,24-26,28,30-49H2,1-5H3/b17-15-,23-21-,29-27-. The number of esters is 2. The van der Waals surface area contributed by atoms with Gasteiger partial charge in [0.15, 0.2) is 12.4 Å². The molecule has 0 amide bonds. The van der Waals surface area contributed by atoms with E-state index in [0.717, 1.165) is 70.6 Å². The van der Waals surface area contributed by atoms with Gasteiger partial charge in [0, 0.05) is 12.8 Å². The first kappa shape index (κ1) is 60.5. The van der Waals surface area contributed by atoms with Crippen LogP contribution in [-0.2, 0) is 33.3 Å². The normalized spacial score (nSPS) is 13.1. The Morgan fingerprint density at radius 1 is 0.476 bits per heavy atom. The summed E-state index contributed by atoms with van der Waals surface area (Å²) in [6.45, 7) is 4.73. The third kappa shape index (κ3) is 47.3. The molecule has 0 bridgehead atoms. The molecule has 2 unspecified atom stereocenters. The van der Waals surface area contributed by atoms with Crippen molar-refractivity contribution < 1.29 is 42.9 Å². The van der Waals surface area contributed by atoms with Crippen molar-refractivity contribution in [1.29, 1.82) is 0 Å². The Hall–Kier alpha value is -2.49. The molecule has 0 saturated heterocycles. The van der Waals surface area contributed by atoms with Crippen molar-refractivity contribution in [1.82, 2.24) is 0 Å². The second-order valence-corrected chi connectivity index (χ2v) is 18.8. The smallest absolute Gasteiger partial charge is 0.306 e. The predicted octanol–water partition coefficient (Wildman–Crippen LogP) is 13.2. The Labute approximate surface area is 388 Å². The number of rotatable bonds is 48. The van der Waals surface area contributed by atoms with E-state index in [1.54, 1.807) is 0 Å². The summed E-state index contributed by atoms with van der Waals surface area (Å²) >= 11 is 0. The average molecular weight is 890 g/mol. The number of quaternary nitrogens is 1. The zero-order chi connectivity index (χ0) is 46.3. The second kappa shape index (κ2) is 46.1. The van der Waals surface area contributed by atoms with Crippen molar-refractivity contribution in [3.8, 4) is 0 Å². The summed E-state index contributed by atoms with van der Waals surface area (Å²) in [6.07, 6.45) is 50.3. The number of carbonyl (C=O) groups is 3. The van der Waals surface area contributed by atoms with Gasteiger partial charge in [-0.3, -0.25) is 9.59 Å². The highest BCUT2D eigenvalue weighted by Gasteiger charge is 2.22. The summed E-state index contributed by atoms with van der Waals surface area (Å²) in [5.41, 5.74) is 0. The van der Waals surface area contributed by atoms with Crippen LogP contribution in [0.3, 0.4) is 0 Å². The number of likely N-dealkylation sites (N-methyl/N-ethyl adjacent to an activating group) is 1. The summed E-state index contributed by atoms with van der Waals surface area (Å²) in [5, 5.41) is 11.7. The molecule has 0 spiro atoms. The number of ether oxygens (including phenoxy) is 4. The monoisotopic (exact) mass is 890 g/mol. The summed E-state index contributed by atoms with van der Waals surface area (Å²) in [5.74, 6) is -2.29. The van der Waals surface area contributed by atoms with Crippen LogP contribution in [0, 0.1) is 0 Å². The van der Waals surface area contributed by atoms with Gasteiger partial charge in [0.2, 0.25) is 0 Å². The fourth-order valence-corrected chi connectivity index (χ4v) is 7.31. The number of hydrogen-bond acceptors (Lipinski definition) is 8. The van der Waals surface area contributed by atoms with Crippen LogP contribution in [0.5, 0.6) is 0 Å². The van der Waals surface area contributed by atoms with Gasteiger partial charge in [-0.2, -0.15) is 0 Å². The van der Waals surface area contributed by atoms with Gasteiger partial charge in [-0.25, -0.2) is 0 Å². The predicted molar refractivity (Wildman–Crippen MR) is 260 cm³/mol. The molecular formula is C54H99NO8. The molecule has 368 valence electrons. The molecule has 0 aliphatic carbocycles. The van der Waals surface area contributed by atoms with Crippen LogP contribution in [0.25, 0.3) is 0 Å². The molecule has 0 aromatic carbocycles. The topological polar surface area (TPSA) is 111 Å². The molecule has 0 N–H and O–H groups in total. The SMILES string of the molecule is CCCCC/C=C\C/C=C\C/C=C\CCCCCCCCC(=O)OC(COC(=O)CCCCCCCCCCCCCCCCCCCCC)COC(OCC[N+](C)(C)C)C(=O)[O-]. The Kier molecular flexibility index (Phi) is 44.2. The fourth-order valence-electron chi connectivity index (χ4n) is 7.31. The van der Waals surface area contributed by atoms with Crippen LogP contribution >= 0.6 is 0 Å². The molecule has 0 radical (unpaired) electrons. The highest BCUT2D eigenvalue weighted by atomic mass is 16.7. The van der Waals surface area contributed by atoms with E-state index in [1.807, 2.05) is 21.1 Å². The minimum absolute atomic E-state index is 0.146. The number of unbranched alkanes of at least 4 members (excludes halogenated alkanes) is 27. The van der Waals surface area contributed by atoms with Crippen molar-refractivity contribution in [3.63, 3.8) is 0 Å². The van der Waals surface area contributed by atoms with Gasteiger partial charge in [0.05, 0.1) is 40.3 Å². The van der Waals surface area contributed by atoms with E-state index >= 15 is 0 Å². The number of carboxylic acids is 1. The molecule has 0 rings (SSSR count). The van der Waals surface area contributed by atoms with E-state index in [9.17, 15) is 19.5 Å². The average Bonchev–Trinajstić information content (AvgIpc) is 3.24. The molecule has 0 fully saturated rings. The number of nitrogens with zero attached hydrogens (tertiary/aromatic N) is 1. The van der Waals surface area contributed by atoms with Gasteiger partial charge in [-0.05, 0) is 51.4 Å². The van der Waals surface area contributed by atoms with Crippen molar-refractivity contribution in [2.75, 3.05) is 47.5 Å². The lowest BCUT2D eigenvalue weighted by Crippen LogP contribution is -2.44. The minimum Gasteiger partial charge on any atom is -0.545 e. The maximum absolute atomic E-state index is 12.8. The molecule has 0 aliphatic rings. The van der Waals surface area contributed by atoms with Crippen LogP contribution in [0.15, 0.2) is 36.5 Å². The molecule has 0 aromatic heterocycles. The Bertz CT molecular complexity index is 1130. The lowest BCUT2D eigenvalue weighted by atomic mass is 10.0. The van der Waals surface area contributed by atoms with Crippen LogP contribution < -0.4 is 5.11 Å². The fraction of sp³-hybridized carbons (Fsp3) is 0.833. The quantitative estimate of drug-likeness (QED) is 0.0195. The minimum atomic E-state index is -1.62.